The van der Waals surface area contributed by atoms with E-state index < -0.39 is 17.5 Å². The van der Waals surface area contributed by atoms with Crippen LogP contribution in [0.3, 0.4) is 0 Å². The van der Waals surface area contributed by atoms with Gasteiger partial charge in [-0.2, -0.15) is 0 Å². The Labute approximate surface area is 220 Å². The molecule has 3 atom stereocenters. The van der Waals surface area contributed by atoms with E-state index in [1.54, 1.807) is 18.7 Å². The van der Waals surface area contributed by atoms with Gasteiger partial charge in [0.1, 0.15) is 5.60 Å². The van der Waals surface area contributed by atoms with Crippen molar-refractivity contribution in [2.75, 3.05) is 6.61 Å². The molecule has 0 aliphatic heterocycles. The van der Waals surface area contributed by atoms with Gasteiger partial charge in [0, 0.05) is 10.00 Å². The fourth-order valence-corrected chi connectivity index (χ4v) is 5.54. The summed E-state index contributed by atoms with van der Waals surface area (Å²) < 4.78 is 6.88. The smallest absolute Gasteiger partial charge is 0.307 e. The van der Waals surface area contributed by atoms with Crippen LogP contribution in [0.5, 0.6) is 0 Å². The van der Waals surface area contributed by atoms with Crippen molar-refractivity contribution in [3.8, 4) is 0 Å². The summed E-state index contributed by atoms with van der Waals surface area (Å²) in [6, 6.07) is 31.0. The number of ether oxygens (including phenoxy) is 1. The molecule has 3 nitrogen and oxygen atoms in total. The van der Waals surface area contributed by atoms with E-state index in [0.717, 1.165) is 16.7 Å². The molecule has 0 saturated heterocycles. The first-order valence-electron chi connectivity index (χ1n) is 12.5. The minimum Gasteiger partial charge on any atom is -0.481 e. The van der Waals surface area contributed by atoms with Crippen LogP contribution in [0.25, 0.3) is 0 Å². The Morgan fingerprint density at radius 1 is 0.806 bits per heavy atom. The van der Waals surface area contributed by atoms with Crippen LogP contribution in [0.1, 0.15) is 51.3 Å². The molecule has 3 aromatic rings. The number of carbonyl (C=O) groups is 1. The van der Waals surface area contributed by atoms with Crippen molar-refractivity contribution in [1.29, 1.82) is 0 Å². The number of carboxylic acid groups (broad SMARTS) is 1. The monoisotopic (exact) mass is 502 g/mol. The summed E-state index contributed by atoms with van der Waals surface area (Å²) >= 11 is 1.69. The molecule has 0 heterocycles. The molecule has 0 aromatic heterocycles. The number of thioether (sulfide) groups is 1. The van der Waals surface area contributed by atoms with Gasteiger partial charge in [0.05, 0.1) is 12.5 Å². The molecule has 3 rings (SSSR count). The average molecular weight is 503 g/mol. The zero-order valence-electron chi connectivity index (χ0n) is 21.9. The van der Waals surface area contributed by atoms with Gasteiger partial charge in [-0.3, -0.25) is 4.79 Å². The fraction of sp³-hybridized carbons (Fsp3) is 0.344. The van der Waals surface area contributed by atoms with Crippen molar-refractivity contribution in [2.24, 2.45) is 11.8 Å². The lowest BCUT2D eigenvalue weighted by molar-refractivity contribution is -0.140. The van der Waals surface area contributed by atoms with E-state index >= 15 is 0 Å². The second kappa shape index (κ2) is 12.4. The highest BCUT2D eigenvalue weighted by molar-refractivity contribution is 8.01. The van der Waals surface area contributed by atoms with Gasteiger partial charge in [-0.25, -0.2) is 0 Å². The number of benzene rings is 3. The van der Waals surface area contributed by atoms with Gasteiger partial charge in [0.15, 0.2) is 0 Å². The van der Waals surface area contributed by atoms with Gasteiger partial charge in [-0.1, -0.05) is 138 Å². The van der Waals surface area contributed by atoms with E-state index in [-0.39, 0.29) is 15.9 Å². The predicted octanol–water partition coefficient (Wildman–Crippen LogP) is 7.81. The van der Waals surface area contributed by atoms with E-state index in [2.05, 4.69) is 76.2 Å². The molecular weight excluding hydrogens is 464 g/mol. The molecule has 36 heavy (non-hydrogen) atoms. The van der Waals surface area contributed by atoms with Crippen LogP contribution in [0.15, 0.2) is 103 Å². The first kappa shape index (κ1) is 27.8. The second-order valence-electron chi connectivity index (χ2n) is 10.3. The van der Waals surface area contributed by atoms with Crippen molar-refractivity contribution in [3.63, 3.8) is 0 Å². The Bertz CT molecular complexity index is 1010. The summed E-state index contributed by atoms with van der Waals surface area (Å²) in [5.74, 6) is -1.17. The van der Waals surface area contributed by atoms with Crippen molar-refractivity contribution < 1.29 is 14.6 Å². The highest BCUT2D eigenvalue weighted by Crippen LogP contribution is 2.41. The lowest BCUT2D eigenvalue weighted by Crippen LogP contribution is -2.34. The SMILES string of the molecule is C[C@H](/C=C/[C@H](SC(C)(C)C)[C@H](C)C(=O)O)COC(c1ccccc1)(c1ccccc1)c1ccccc1. The average Bonchev–Trinajstić information content (AvgIpc) is 2.87. The van der Waals surface area contributed by atoms with Crippen LogP contribution in [0.4, 0.5) is 0 Å². The quantitative estimate of drug-likeness (QED) is 0.215. The molecule has 0 fully saturated rings. The number of carboxylic acids is 1. The summed E-state index contributed by atoms with van der Waals surface area (Å²) in [4.78, 5) is 11.7. The van der Waals surface area contributed by atoms with E-state index in [9.17, 15) is 9.90 Å². The van der Waals surface area contributed by atoms with E-state index in [0.29, 0.717) is 6.61 Å². The Hall–Kier alpha value is -2.82. The third-order valence-electron chi connectivity index (χ3n) is 6.10. The molecule has 0 bridgehead atoms. The highest BCUT2D eigenvalue weighted by Gasteiger charge is 2.37. The van der Waals surface area contributed by atoms with Gasteiger partial charge in [-0.05, 0) is 22.6 Å². The molecule has 1 N–H and O–H groups in total. The predicted molar refractivity (Wildman–Crippen MR) is 151 cm³/mol. The summed E-state index contributed by atoms with van der Waals surface area (Å²) in [6.45, 7) is 10.7. The summed E-state index contributed by atoms with van der Waals surface area (Å²) in [7, 11) is 0. The van der Waals surface area contributed by atoms with E-state index in [1.165, 1.54) is 0 Å². The Morgan fingerprint density at radius 2 is 1.22 bits per heavy atom. The van der Waals surface area contributed by atoms with Gasteiger partial charge in [-0.15, -0.1) is 11.8 Å². The second-order valence-corrected chi connectivity index (χ2v) is 12.3. The molecule has 0 aliphatic rings. The number of hydrogen-bond donors (Lipinski definition) is 1. The first-order valence-corrected chi connectivity index (χ1v) is 13.4. The maximum atomic E-state index is 11.7. The summed E-state index contributed by atoms with van der Waals surface area (Å²) in [5.41, 5.74) is 2.44. The molecule has 3 aromatic carbocycles. The molecular formula is C32H38O3S. The van der Waals surface area contributed by atoms with Crippen LogP contribution in [-0.2, 0) is 15.1 Å². The van der Waals surface area contributed by atoms with Gasteiger partial charge < -0.3 is 9.84 Å². The number of aliphatic carboxylic acids is 1. The summed E-state index contributed by atoms with van der Waals surface area (Å²) in [5, 5.41) is 9.51. The van der Waals surface area contributed by atoms with Gasteiger partial charge in [0.25, 0.3) is 0 Å². The zero-order chi connectivity index (χ0) is 26.2. The summed E-state index contributed by atoms with van der Waals surface area (Å²) in [6.07, 6.45) is 4.16. The van der Waals surface area contributed by atoms with Crippen LogP contribution in [0, 0.1) is 11.8 Å². The first-order chi connectivity index (χ1) is 17.1. The number of hydrogen-bond acceptors (Lipinski definition) is 3. The molecule has 0 amide bonds. The standard InChI is InChI=1S/C32H38O3S/c1-24(21-22-29(25(2)30(33)34)36-31(3,4)5)23-35-32(26-15-9-6-10-16-26,27-17-11-7-12-18-27)28-19-13-8-14-20-28/h6-22,24-25,29H,23H2,1-5H3,(H,33,34)/b22-21+/t24-,25+,29+/m1/s1. The van der Waals surface area contributed by atoms with Crippen LogP contribution < -0.4 is 0 Å². The fourth-order valence-electron chi connectivity index (χ4n) is 4.24. The van der Waals surface area contributed by atoms with Crippen molar-refractivity contribution in [2.45, 2.75) is 50.2 Å². The Balaban J connectivity index is 1.94. The van der Waals surface area contributed by atoms with Crippen LogP contribution in [0.2, 0.25) is 0 Å². The van der Waals surface area contributed by atoms with Crippen LogP contribution in [-0.4, -0.2) is 27.7 Å². The number of rotatable bonds is 11. The normalized spacial score (nSPS) is 14.9. The van der Waals surface area contributed by atoms with Crippen LogP contribution >= 0.6 is 11.8 Å². The third-order valence-corrected chi connectivity index (χ3v) is 7.65. The minimum atomic E-state index is -0.776. The third kappa shape index (κ3) is 7.11. The lowest BCUT2D eigenvalue weighted by Gasteiger charge is -2.36. The highest BCUT2D eigenvalue weighted by atomic mass is 32.2. The largest absolute Gasteiger partial charge is 0.481 e. The maximum absolute atomic E-state index is 11.7. The molecule has 0 radical (unpaired) electrons. The van der Waals surface area contributed by atoms with E-state index in [1.807, 2.05) is 54.6 Å². The molecule has 4 heteroatoms. The lowest BCUT2D eigenvalue weighted by atomic mass is 9.80. The maximum Gasteiger partial charge on any atom is 0.307 e. The van der Waals surface area contributed by atoms with Crippen molar-refractivity contribution in [1.82, 2.24) is 0 Å². The minimum absolute atomic E-state index is 0.0401. The van der Waals surface area contributed by atoms with Crippen molar-refractivity contribution in [3.05, 3.63) is 120 Å². The molecule has 0 spiro atoms. The zero-order valence-corrected chi connectivity index (χ0v) is 22.7. The molecule has 0 aliphatic carbocycles. The molecule has 190 valence electrons. The van der Waals surface area contributed by atoms with Crippen molar-refractivity contribution >= 4 is 17.7 Å². The topological polar surface area (TPSA) is 46.5 Å². The Morgan fingerprint density at radius 3 is 1.58 bits per heavy atom. The Kier molecular flexibility index (Phi) is 9.58. The molecule has 0 unspecified atom stereocenters. The van der Waals surface area contributed by atoms with Gasteiger partial charge in [0.2, 0.25) is 0 Å². The van der Waals surface area contributed by atoms with Gasteiger partial charge >= 0.3 is 5.97 Å². The molecule has 0 saturated carbocycles. The van der Waals surface area contributed by atoms with E-state index in [4.69, 9.17) is 4.74 Å².